The van der Waals surface area contributed by atoms with Crippen LogP contribution in [0.2, 0.25) is 5.15 Å². The van der Waals surface area contributed by atoms with Crippen molar-refractivity contribution in [1.29, 1.82) is 0 Å². The van der Waals surface area contributed by atoms with E-state index in [2.05, 4.69) is 27.2 Å². The molecule has 0 radical (unpaired) electrons. The molecule has 0 bridgehead atoms. The molecule has 2 heterocycles. The van der Waals surface area contributed by atoms with E-state index in [0.717, 1.165) is 17.7 Å². The lowest BCUT2D eigenvalue weighted by atomic mass is 10.1. The van der Waals surface area contributed by atoms with Crippen LogP contribution < -0.4 is 15.0 Å². The molecule has 11 heteroatoms. The maximum atomic E-state index is 13.1. The number of aromatic nitrogens is 3. The third-order valence-corrected chi connectivity index (χ3v) is 5.14. The van der Waals surface area contributed by atoms with Gasteiger partial charge in [0.2, 0.25) is 0 Å². The van der Waals surface area contributed by atoms with E-state index in [1.807, 2.05) is 6.07 Å². The molecule has 0 fully saturated rings. The van der Waals surface area contributed by atoms with Gasteiger partial charge in [0, 0.05) is 17.3 Å². The number of carbonyl (C=O) groups excluding carboxylic acids is 2. The van der Waals surface area contributed by atoms with Crippen molar-refractivity contribution in [2.75, 3.05) is 16.8 Å². The number of ether oxygens (including phenoxy) is 3. The van der Waals surface area contributed by atoms with Crippen molar-refractivity contribution < 1.29 is 23.8 Å². The Hall–Kier alpha value is -3.66. The van der Waals surface area contributed by atoms with Crippen LogP contribution in [0.1, 0.15) is 61.3 Å². The van der Waals surface area contributed by atoms with Crippen LogP contribution in [0.15, 0.2) is 36.8 Å². The molecule has 0 aliphatic carbocycles. The molecule has 0 aliphatic rings. The number of carbonyl (C=O) groups is 2. The minimum absolute atomic E-state index is 0.0891. The number of halogens is 1. The van der Waals surface area contributed by atoms with E-state index in [0.29, 0.717) is 34.6 Å². The molecule has 3 rings (SSSR count). The van der Waals surface area contributed by atoms with Crippen molar-refractivity contribution in [3.63, 3.8) is 0 Å². The van der Waals surface area contributed by atoms with Gasteiger partial charge in [0.05, 0.1) is 6.61 Å². The fourth-order valence-electron chi connectivity index (χ4n) is 3.31. The summed E-state index contributed by atoms with van der Waals surface area (Å²) in [5.41, 5.74) is -1.01. The number of hydrogen-bond acceptors (Lipinski definition) is 9. The number of unbranched alkanes of at least 4 members (excludes halogenated alkanes) is 1. The van der Waals surface area contributed by atoms with Crippen LogP contribution >= 0.6 is 11.6 Å². The molecule has 1 N–H and O–H groups in total. The molecule has 2 aromatic heterocycles. The molecule has 0 saturated heterocycles. The van der Waals surface area contributed by atoms with Gasteiger partial charge >= 0.3 is 12.2 Å². The maximum Gasteiger partial charge on any atom is 0.425 e. The molecular formula is C27H34ClN5O5. The van der Waals surface area contributed by atoms with Gasteiger partial charge in [-0.2, -0.15) is 4.90 Å². The highest BCUT2D eigenvalue weighted by molar-refractivity contribution is 6.31. The Morgan fingerprint density at radius 3 is 2.24 bits per heavy atom. The minimum Gasteiger partial charge on any atom is -0.487 e. The Morgan fingerprint density at radius 2 is 1.63 bits per heavy atom. The van der Waals surface area contributed by atoms with Crippen molar-refractivity contribution in [2.45, 2.75) is 72.5 Å². The van der Waals surface area contributed by atoms with Gasteiger partial charge in [-0.1, -0.05) is 24.9 Å². The summed E-state index contributed by atoms with van der Waals surface area (Å²) in [5.74, 6) is 0.865. The van der Waals surface area contributed by atoms with Crippen LogP contribution in [0.25, 0.3) is 10.8 Å². The van der Waals surface area contributed by atoms with Gasteiger partial charge in [0.1, 0.15) is 17.5 Å². The van der Waals surface area contributed by atoms with Crippen LogP contribution in [0.4, 0.5) is 26.9 Å². The fourth-order valence-corrected chi connectivity index (χ4v) is 3.49. The quantitative estimate of drug-likeness (QED) is 0.242. The molecule has 3 aromatic rings. The molecule has 38 heavy (non-hydrogen) atoms. The minimum atomic E-state index is -0.890. The standard InChI is InChI=1S/C27H34ClN5O5/c1-8-9-14-36-20-21(28)30-16-31-22(20)32-18-10-11-19-17(15-18)12-13-29-23(19)33(24(34)37-26(2,3)4)25(35)38-27(5,6)7/h10-13,15-16H,8-9,14H2,1-7H3,(H,30,31,32). The zero-order valence-electron chi connectivity index (χ0n) is 22.8. The second-order valence-corrected chi connectivity index (χ2v) is 10.9. The number of pyridine rings is 1. The van der Waals surface area contributed by atoms with Gasteiger partial charge in [-0.3, -0.25) is 0 Å². The van der Waals surface area contributed by atoms with E-state index in [4.69, 9.17) is 25.8 Å². The van der Waals surface area contributed by atoms with E-state index in [1.165, 1.54) is 12.5 Å². The highest BCUT2D eigenvalue weighted by Crippen LogP contribution is 2.34. The second-order valence-electron chi connectivity index (χ2n) is 10.5. The average Bonchev–Trinajstić information content (AvgIpc) is 2.78. The van der Waals surface area contributed by atoms with Crippen LogP contribution in [0, 0.1) is 0 Å². The second kappa shape index (κ2) is 11.8. The zero-order chi connectivity index (χ0) is 28.1. The molecule has 1 aromatic carbocycles. The lowest BCUT2D eigenvalue weighted by molar-refractivity contribution is 0.0429. The molecule has 0 spiro atoms. The first kappa shape index (κ1) is 28.9. The van der Waals surface area contributed by atoms with Crippen LogP contribution in [-0.4, -0.2) is 44.9 Å². The summed E-state index contributed by atoms with van der Waals surface area (Å²) in [6.45, 7) is 12.8. The third-order valence-electron chi connectivity index (χ3n) is 4.87. The molecule has 10 nitrogen and oxygen atoms in total. The molecule has 0 atom stereocenters. The number of rotatable bonds is 7. The Balaban J connectivity index is 2.00. The van der Waals surface area contributed by atoms with E-state index >= 15 is 0 Å². The predicted octanol–water partition coefficient (Wildman–Crippen LogP) is 7.28. The number of nitrogens with zero attached hydrogens (tertiary/aromatic N) is 4. The van der Waals surface area contributed by atoms with Gasteiger partial charge in [0.15, 0.2) is 22.5 Å². The van der Waals surface area contributed by atoms with Crippen LogP contribution in [-0.2, 0) is 9.47 Å². The third kappa shape index (κ3) is 7.67. The summed E-state index contributed by atoms with van der Waals surface area (Å²) >= 11 is 6.26. The molecule has 204 valence electrons. The lowest BCUT2D eigenvalue weighted by Gasteiger charge is -2.28. The molecule has 2 amide bonds. The summed E-state index contributed by atoms with van der Waals surface area (Å²) in [7, 11) is 0. The smallest absolute Gasteiger partial charge is 0.425 e. The van der Waals surface area contributed by atoms with Gasteiger partial charge in [-0.15, -0.1) is 0 Å². The van der Waals surface area contributed by atoms with Crippen LogP contribution in [0.5, 0.6) is 5.75 Å². The Labute approximate surface area is 227 Å². The molecular weight excluding hydrogens is 510 g/mol. The van der Waals surface area contributed by atoms with Crippen molar-refractivity contribution in [2.24, 2.45) is 0 Å². The summed E-state index contributed by atoms with van der Waals surface area (Å²) in [6.07, 6.45) is 2.90. The number of amides is 2. The van der Waals surface area contributed by atoms with Gasteiger partial charge in [-0.25, -0.2) is 24.5 Å². The summed E-state index contributed by atoms with van der Waals surface area (Å²) in [4.78, 5) is 39.7. The number of nitrogens with one attached hydrogen (secondary N) is 1. The highest BCUT2D eigenvalue weighted by atomic mass is 35.5. The number of anilines is 3. The topological polar surface area (TPSA) is 116 Å². The van der Waals surface area contributed by atoms with Crippen molar-refractivity contribution >= 4 is 51.9 Å². The van der Waals surface area contributed by atoms with E-state index in [-0.39, 0.29) is 11.0 Å². The van der Waals surface area contributed by atoms with Crippen molar-refractivity contribution in [3.8, 4) is 5.75 Å². The monoisotopic (exact) mass is 543 g/mol. The van der Waals surface area contributed by atoms with Gasteiger partial charge in [-0.05, 0) is 77.6 Å². The Bertz CT molecular complexity index is 1280. The van der Waals surface area contributed by atoms with Gasteiger partial charge in [0.25, 0.3) is 0 Å². The SMILES string of the molecule is CCCCOc1c(Cl)ncnc1Nc1ccc2c(N(C(=O)OC(C)(C)C)C(=O)OC(C)(C)C)nccc2c1. The predicted molar refractivity (Wildman–Crippen MR) is 147 cm³/mol. The number of benzene rings is 1. The summed E-state index contributed by atoms with van der Waals surface area (Å²) < 4.78 is 16.8. The van der Waals surface area contributed by atoms with E-state index < -0.39 is 23.4 Å². The fraction of sp³-hybridized carbons (Fsp3) is 0.444. The van der Waals surface area contributed by atoms with Gasteiger partial charge < -0.3 is 19.5 Å². The molecule has 0 aliphatic heterocycles. The zero-order valence-corrected chi connectivity index (χ0v) is 23.5. The highest BCUT2D eigenvalue weighted by Gasteiger charge is 2.34. The Kier molecular flexibility index (Phi) is 8.98. The number of fused-ring (bicyclic) bond motifs is 1. The average molecular weight is 544 g/mol. The van der Waals surface area contributed by atoms with E-state index in [9.17, 15) is 9.59 Å². The number of hydrogen-bond donors (Lipinski definition) is 1. The first-order valence-electron chi connectivity index (χ1n) is 12.3. The molecule has 0 saturated carbocycles. The maximum absolute atomic E-state index is 13.1. The first-order chi connectivity index (χ1) is 17.8. The van der Waals surface area contributed by atoms with Crippen LogP contribution in [0.3, 0.4) is 0 Å². The molecule has 0 unspecified atom stereocenters. The first-order valence-corrected chi connectivity index (χ1v) is 12.7. The van der Waals surface area contributed by atoms with Crippen molar-refractivity contribution in [1.82, 2.24) is 15.0 Å². The van der Waals surface area contributed by atoms with E-state index in [1.54, 1.807) is 59.7 Å². The lowest BCUT2D eigenvalue weighted by Crippen LogP contribution is -2.44. The number of imide groups is 1. The summed E-state index contributed by atoms with van der Waals surface area (Å²) in [5, 5.41) is 4.65. The van der Waals surface area contributed by atoms with Crippen molar-refractivity contribution in [3.05, 3.63) is 41.9 Å². The largest absolute Gasteiger partial charge is 0.487 e. The normalized spacial score (nSPS) is 11.7. The Morgan fingerprint density at radius 1 is 0.974 bits per heavy atom. The summed E-state index contributed by atoms with van der Waals surface area (Å²) in [6, 6.07) is 7.09.